The monoisotopic (exact) mass is 293 g/mol. The zero-order valence-corrected chi connectivity index (χ0v) is 12.1. The molecule has 1 saturated carbocycles. The van der Waals surface area contributed by atoms with Crippen molar-refractivity contribution in [3.63, 3.8) is 0 Å². The van der Waals surface area contributed by atoms with Crippen molar-refractivity contribution in [2.75, 3.05) is 19.0 Å². The minimum absolute atomic E-state index is 0.00847. The molecule has 0 bridgehead atoms. The number of carbonyl (C=O) groups is 1. The van der Waals surface area contributed by atoms with E-state index >= 15 is 0 Å². The van der Waals surface area contributed by atoms with E-state index in [0.717, 1.165) is 12.8 Å². The zero-order valence-electron chi connectivity index (χ0n) is 12.1. The van der Waals surface area contributed by atoms with Gasteiger partial charge in [0.05, 0.1) is 17.6 Å². The number of anilines is 1. The number of hydrogen-bond donors (Lipinski definition) is 2. The smallest absolute Gasteiger partial charge is 0.319 e. The van der Waals surface area contributed by atoms with E-state index in [1.165, 1.54) is 12.1 Å². The first-order chi connectivity index (χ1) is 10.0. The van der Waals surface area contributed by atoms with Crippen molar-refractivity contribution in [3.8, 4) is 0 Å². The number of ether oxygens (including phenoxy) is 1. The molecule has 2 rings (SSSR count). The molecular formula is C14H19N3O4. The number of nitro groups is 1. The van der Waals surface area contributed by atoms with Gasteiger partial charge in [-0.3, -0.25) is 10.1 Å². The molecule has 0 saturated heterocycles. The normalized spacial score (nSPS) is 15.3. The number of benzene rings is 1. The second-order valence-electron chi connectivity index (χ2n) is 5.26. The van der Waals surface area contributed by atoms with E-state index in [1.807, 2.05) is 0 Å². The molecule has 0 aromatic heterocycles. The number of nitrogens with zero attached hydrogens (tertiary/aromatic N) is 1. The van der Waals surface area contributed by atoms with Gasteiger partial charge in [0.1, 0.15) is 0 Å². The molecule has 0 unspecified atom stereocenters. The Hall–Kier alpha value is -2.15. The molecule has 2 amide bonds. The van der Waals surface area contributed by atoms with E-state index in [1.54, 1.807) is 20.1 Å². The highest BCUT2D eigenvalue weighted by atomic mass is 16.6. The molecule has 21 heavy (non-hydrogen) atoms. The fourth-order valence-electron chi connectivity index (χ4n) is 2.25. The summed E-state index contributed by atoms with van der Waals surface area (Å²) in [6.45, 7) is 2.12. The van der Waals surface area contributed by atoms with Crippen LogP contribution in [0.4, 0.5) is 16.2 Å². The van der Waals surface area contributed by atoms with Gasteiger partial charge in [0, 0.05) is 24.4 Å². The van der Waals surface area contributed by atoms with Crippen LogP contribution in [0.25, 0.3) is 0 Å². The van der Waals surface area contributed by atoms with Crippen LogP contribution in [0.1, 0.15) is 18.4 Å². The van der Waals surface area contributed by atoms with Crippen molar-refractivity contribution in [2.24, 2.45) is 5.92 Å². The Morgan fingerprint density at radius 3 is 2.76 bits per heavy atom. The maximum absolute atomic E-state index is 11.9. The Morgan fingerprint density at radius 2 is 2.24 bits per heavy atom. The van der Waals surface area contributed by atoms with Crippen molar-refractivity contribution in [2.45, 2.75) is 25.8 Å². The van der Waals surface area contributed by atoms with Crippen LogP contribution < -0.4 is 10.6 Å². The number of nitro benzene ring substituents is 1. The van der Waals surface area contributed by atoms with Crippen molar-refractivity contribution in [3.05, 3.63) is 33.9 Å². The van der Waals surface area contributed by atoms with Crippen molar-refractivity contribution in [1.82, 2.24) is 5.32 Å². The highest BCUT2D eigenvalue weighted by Crippen LogP contribution is 2.32. The average molecular weight is 293 g/mol. The molecule has 114 valence electrons. The van der Waals surface area contributed by atoms with Crippen molar-refractivity contribution < 1.29 is 14.5 Å². The number of aryl methyl sites for hydroxylation is 1. The quantitative estimate of drug-likeness (QED) is 0.622. The molecule has 2 N–H and O–H groups in total. The number of rotatable bonds is 6. The maximum atomic E-state index is 11.9. The van der Waals surface area contributed by atoms with Crippen LogP contribution in [0.15, 0.2) is 18.2 Å². The fraction of sp³-hybridized carbons (Fsp3) is 0.500. The van der Waals surface area contributed by atoms with Gasteiger partial charge in [-0.1, -0.05) is 0 Å². The van der Waals surface area contributed by atoms with Gasteiger partial charge in [-0.2, -0.15) is 0 Å². The third kappa shape index (κ3) is 4.16. The van der Waals surface area contributed by atoms with Gasteiger partial charge in [-0.05, 0) is 37.8 Å². The van der Waals surface area contributed by atoms with Gasteiger partial charge >= 0.3 is 6.03 Å². The van der Waals surface area contributed by atoms with E-state index < -0.39 is 4.92 Å². The van der Waals surface area contributed by atoms with Crippen LogP contribution in [-0.2, 0) is 4.74 Å². The number of amides is 2. The maximum Gasteiger partial charge on any atom is 0.319 e. The molecule has 0 heterocycles. The zero-order chi connectivity index (χ0) is 15.4. The summed E-state index contributed by atoms with van der Waals surface area (Å²) in [5.41, 5.74) is 1.08. The van der Waals surface area contributed by atoms with Gasteiger partial charge in [0.2, 0.25) is 0 Å². The Morgan fingerprint density at radius 1 is 1.52 bits per heavy atom. The molecule has 1 atom stereocenters. The number of urea groups is 1. The van der Waals surface area contributed by atoms with Crippen molar-refractivity contribution in [1.29, 1.82) is 0 Å². The molecule has 7 nitrogen and oxygen atoms in total. The SMILES string of the molecule is COC[C@H](NC(=O)Nc1ccc([N+](=O)[O-])c(C)c1)C1CC1. The summed E-state index contributed by atoms with van der Waals surface area (Å²) in [6.07, 6.45) is 2.20. The lowest BCUT2D eigenvalue weighted by Gasteiger charge is -2.17. The summed E-state index contributed by atoms with van der Waals surface area (Å²) >= 11 is 0. The van der Waals surface area contributed by atoms with Crippen LogP contribution in [0, 0.1) is 23.0 Å². The highest BCUT2D eigenvalue weighted by molar-refractivity contribution is 5.89. The molecule has 1 aromatic rings. The molecule has 1 aliphatic rings. The lowest BCUT2D eigenvalue weighted by Crippen LogP contribution is -2.42. The van der Waals surface area contributed by atoms with Crippen LogP contribution >= 0.6 is 0 Å². The van der Waals surface area contributed by atoms with E-state index in [4.69, 9.17) is 4.74 Å². The molecular weight excluding hydrogens is 274 g/mol. The summed E-state index contributed by atoms with van der Waals surface area (Å²) in [5, 5.41) is 16.3. The molecule has 1 aliphatic carbocycles. The predicted molar refractivity (Wildman–Crippen MR) is 78.4 cm³/mol. The second-order valence-corrected chi connectivity index (χ2v) is 5.26. The number of carbonyl (C=O) groups excluding carboxylic acids is 1. The van der Waals surface area contributed by atoms with Crippen molar-refractivity contribution >= 4 is 17.4 Å². The predicted octanol–water partition coefficient (Wildman–Crippen LogP) is 2.45. The Balaban J connectivity index is 1.95. The Bertz CT molecular complexity index is 543. The first-order valence-electron chi connectivity index (χ1n) is 6.82. The van der Waals surface area contributed by atoms with E-state index in [-0.39, 0.29) is 17.8 Å². The first-order valence-corrected chi connectivity index (χ1v) is 6.82. The van der Waals surface area contributed by atoms with Crippen LogP contribution in [0.5, 0.6) is 0 Å². The third-order valence-corrected chi connectivity index (χ3v) is 3.51. The lowest BCUT2D eigenvalue weighted by atomic mass is 10.2. The Kier molecular flexibility index (Phi) is 4.74. The van der Waals surface area contributed by atoms with Crippen LogP contribution in [0.2, 0.25) is 0 Å². The highest BCUT2D eigenvalue weighted by Gasteiger charge is 2.32. The van der Waals surface area contributed by atoms with Gasteiger partial charge in [-0.25, -0.2) is 4.79 Å². The third-order valence-electron chi connectivity index (χ3n) is 3.51. The summed E-state index contributed by atoms with van der Waals surface area (Å²) in [5.74, 6) is 0.481. The summed E-state index contributed by atoms with van der Waals surface area (Å²) < 4.78 is 5.10. The van der Waals surface area contributed by atoms with E-state index in [2.05, 4.69) is 10.6 Å². The topological polar surface area (TPSA) is 93.5 Å². The molecule has 0 radical (unpaired) electrons. The number of nitrogens with one attached hydrogen (secondary N) is 2. The number of hydrogen-bond acceptors (Lipinski definition) is 4. The van der Waals surface area contributed by atoms with E-state index in [0.29, 0.717) is 23.8 Å². The minimum Gasteiger partial charge on any atom is -0.383 e. The standard InChI is InChI=1S/C14H19N3O4/c1-9-7-11(5-6-13(9)17(19)20)15-14(18)16-12(8-21-2)10-3-4-10/h5-7,10,12H,3-4,8H2,1-2H3,(H2,15,16,18)/t12-/m0/s1. The van der Waals surface area contributed by atoms with E-state index in [9.17, 15) is 14.9 Å². The second kappa shape index (κ2) is 6.53. The average Bonchev–Trinajstić information content (AvgIpc) is 3.22. The van der Waals surface area contributed by atoms with Gasteiger partial charge in [0.25, 0.3) is 5.69 Å². The van der Waals surface area contributed by atoms with Crippen LogP contribution in [0.3, 0.4) is 0 Å². The van der Waals surface area contributed by atoms with Crippen LogP contribution in [-0.4, -0.2) is 30.7 Å². The lowest BCUT2D eigenvalue weighted by molar-refractivity contribution is -0.385. The van der Waals surface area contributed by atoms with Gasteiger partial charge < -0.3 is 15.4 Å². The fourth-order valence-corrected chi connectivity index (χ4v) is 2.25. The Labute approximate surface area is 122 Å². The molecule has 1 aromatic carbocycles. The number of methoxy groups -OCH3 is 1. The minimum atomic E-state index is -0.444. The first kappa shape index (κ1) is 15.2. The van der Waals surface area contributed by atoms with Gasteiger partial charge in [0.15, 0.2) is 0 Å². The molecule has 1 fully saturated rings. The molecule has 0 aliphatic heterocycles. The largest absolute Gasteiger partial charge is 0.383 e. The summed E-state index contributed by atoms with van der Waals surface area (Å²) in [4.78, 5) is 22.3. The summed E-state index contributed by atoms with van der Waals surface area (Å²) in [7, 11) is 1.61. The summed E-state index contributed by atoms with van der Waals surface area (Å²) in [6, 6.07) is 4.18. The molecule has 7 heteroatoms. The van der Waals surface area contributed by atoms with Gasteiger partial charge in [-0.15, -0.1) is 0 Å². The molecule has 0 spiro atoms.